The van der Waals surface area contributed by atoms with Crippen molar-refractivity contribution < 1.29 is 9.90 Å². The van der Waals surface area contributed by atoms with E-state index in [-0.39, 0.29) is 22.0 Å². The third-order valence-electron chi connectivity index (χ3n) is 1.64. The number of aromatic carboxylic acids is 1. The molecule has 72 valence electrons. The van der Waals surface area contributed by atoms with E-state index in [1.807, 2.05) is 0 Å². The number of hydrogen-bond acceptors (Lipinski definition) is 2. The molecule has 0 atom stereocenters. The van der Waals surface area contributed by atoms with Gasteiger partial charge < -0.3 is 5.11 Å². The number of rotatable bonds is 2. The van der Waals surface area contributed by atoms with E-state index in [9.17, 15) is 4.79 Å². The number of nitrogens with zero attached hydrogens (tertiary/aromatic N) is 1. The van der Waals surface area contributed by atoms with E-state index in [4.69, 9.17) is 33.6 Å². The van der Waals surface area contributed by atoms with Gasteiger partial charge in [0.25, 0.3) is 0 Å². The van der Waals surface area contributed by atoms with Gasteiger partial charge in [0.2, 0.25) is 0 Å². The molecule has 0 saturated heterocycles. The monoisotopic (exact) mass is 229 g/mol. The van der Waals surface area contributed by atoms with Crippen LogP contribution >= 0.6 is 23.2 Å². The van der Waals surface area contributed by atoms with E-state index < -0.39 is 5.97 Å². The molecule has 3 nitrogen and oxygen atoms in total. The summed E-state index contributed by atoms with van der Waals surface area (Å²) in [4.78, 5) is 10.7. The zero-order valence-corrected chi connectivity index (χ0v) is 8.43. The Morgan fingerprint density at radius 2 is 2.21 bits per heavy atom. The normalized spacial score (nSPS) is 9.50. The standard InChI is InChI=1S/C9H5Cl2NO2/c10-3-5-1-6(4-12)8(9(13)14)7(11)2-5/h1-2H,3H2,(H,13,14). The van der Waals surface area contributed by atoms with Gasteiger partial charge in [-0.1, -0.05) is 11.6 Å². The molecule has 0 amide bonds. The Kier molecular flexibility index (Phi) is 3.34. The Morgan fingerprint density at radius 3 is 2.64 bits per heavy atom. The first-order valence-electron chi connectivity index (χ1n) is 3.62. The first-order valence-corrected chi connectivity index (χ1v) is 4.53. The highest BCUT2D eigenvalue weighted by atomic mass is 35.5. The summed E-state index contributed by atoms with van der Waals surface area (Å²) < 4.78 is 0. The van der Waals surface area contributed by atoms with Gasteiger partial charge in [-0.2, -0.15) is 5.26 Å². The molecule has 1 rings (SSSR count). The lowest BCUT2D eigenvalue weighted by molar-refractivity contribution is 0.0697. The van der Waals surface area contributed by atoms with E-state index in [1.54, 1.807) is 6.07 Å². The molecule has 0 aliphatic heterocycles. The summed E-state index contributed by atoms with van der Waals surface area (Å²) in [6.45, 7) is 0. The van der Waals surface area contributed by atoms with Crippen LogP contribution in [0.5, 0.6) is 0 Å². The average molecular weight is 230 g/mol. The minimum atomic E-state index is -1.22. The van der Waals surface area contributed by atoms with Gasteiger partial charge in [-0.25, -0.2) is 4.79 Å². The molecule has 5 heteroatoms. The molecule has 14 heavy (non-hydrogen) atoms. The number of alkyl halides is 1. The highest BCUT2D eigenvalue weighted by Gasteiger charge is 2.15. The summed E-state index contributed by atoms with van der Waals surface area (Å²) in [6.07, 6.45) is 0. The zero-order chi connectivity index (χ0) is 10.7. The van der Waals surface area contributed by atoms with Crippen LogP contribution in [0.3, 0.4) is 0 Å². The van der Waals surface area contributed by atoms with Crippen LogP contribution in [0.25, 0.3) is 0 Å². The van der Waals surface area contributed by atoms with Crippen molar-refractivity contribution in [2.45, 2.75) is 5.88 Å². The van der Waals surface area contributed by atoms with Crippen LogP contribution in [0.15, 0.2) is 12.1 Å². The summed E-state index contributed by atoms with van der Waals surface area (Å²) >= 11 is 11.2. The Balaban J connectivity index is 3.44. The quantitative estimate of drug-likeness (QED) is 0.794. The predicted octanol–water partition coefficient (Wildman–Crippen LogP) is 2.65. The van der Waals surface area contributed by atoms with E-state index >= 15 is 0 Å². The predicted molar refractivity (Wildman–Crippen MR) is 52.7 cm³/mol. The maximum Gasteiger partial charge on any atom is 0.338 e. The number of carbonyl (C=O) groups is 1. The Labute approximate surface area is 90.5 Å². The first-order chi connectivity index (χ1) is 6.60. The molecule has 0 aromatic heterocycles. The van der Waals surface area contributed by atoms with Crippen molar-refractivity contribution in [1.82, 2.24) is 0 Å². The SMILES string of the molecule is N#Cc1cc(CCl)cc(Cl)c1C(=O)O. The molecule has 0 radical (unpaired) electrons. The smallest absolute Gasteiger partial charge is 0.338 e. The fraction of sp³-hybridized carbons (Fsp3) is 0.111. The molecule has 1 aromatic rings. The highest BCUT2D eigenvalue weighted by molar-refractivity contribution is 6.34. The summed E-state index contributed by atoms with van der Waals surface area (Å²) in [5.41, 5.74) is 0.474. The van der Waals surface area contributed by atoms with Crippen LogP contribution in [0.4, 0.5) is 0 Å². The van der Waals surface area contributed by atoms with Gasteiger partial charge >= 0.3 is 5.97 Å². The number of carboxylic acid groups (broad SMARTS) is 1. The lowest BCUT2D eigenvalue weighted by atomic mass is 10.1. The van der Waals surface area contributed by atoms with Crippen LogP contribution in [-0.4, -0.2) is 11.1 Å². The van der Waals surface area contributed by atoms with Crippen molar-refractivity contribution in [3.8, 4) is 6.07 Å². The molecule has 0 unspecified atom stereocenters. The van der Waals surface area contributed by atoms with Crippen molar-refractivity contribution in [1.29, 1.82) is 5.26 Å². The summed E-state index contributed by atoms with van der Waals surface area (Å²) in [7, 11) is 0. The van der Waals surface area contributed by atoms with E-state index in [0.29, 0.717) is 5.56 Å². The summed E-state index contributed by atoms with van der Waals surface area (Å²) in [6, 6.07) is 4.63. The van der Waals surface area contributed by atoms with Crippen LogP contribution in [0.2, 0.25) is 5.02 Å². The molecule has 1 N–H and O–H groups in total. The number of carboxylic acids is 1. The molecule has 1 aromatic carbocycles. The molecular formula is C9H5Cl2NO2. The van der Waals surface area contributed by atoms with Crippen molar-refractivity contribution in [3.05, 3.63) is 33.8 Å². The third kappa shape index (κ3) is 1.98. The van der Waals surface area contributed by atoms with Crippen molar-refractivity contribution in [2.24, 2.45) is 0 Å². The second kappa shape index (κ2) is 4.32. The van der Waals surface area contributed by atoms with Gasteiger partial charge in [-0.05, 0) is 17.7 Å². The van der Waals surface area contributed by atoms with Crippen molar-refractivity contribution in [2.75, 3.05) is 0 Å². The molecule has 0 bridgehead atoms. The van der Waals surface area contributed by atoms with Crippen molar-refractivity contribution in [3.63, 3.8) is 0 Å². The van der Waals surface area contributed by atoms with E-state index in [0.717, 1.165) is 0 Å². The minimum absolute atomic E-state index is 0.0284. The Hall–Kier alpha value is -1.24. The third-order valence-corrected chi connectivity index (χ3v) is 2.25. The molecule has 0 aliphatic carbocycles. The van der Waals surface area contributed by atoms with Crippen LogP contribution in [-0.2, 0) is 5.88 Å². The van der Waals surface area contributed by atoms with Crippen LogP contribution in [0.1, 0.15) is 21.5 Å². The molecule has 0 spiro atoms. The Morgan fingerprint density at radius 1 is 1.57 bits per heavy atom. The van der Waals surface area contributed by atoms with Gasteiger partial charge in [0.1, 0.15) is 6.07 Å². The maximum absolute atomic E-state index is 10.7. The van der Waals surface area contributed by atoms with Crippen LogP contribution < -0.4 is 0 Å². The van der Waals surface area contributed by atoms with E-state index in [2.05, 4.69) is 0 Å². The fourth-order valence-electron chi connectivity index (χ4n) is 1.05. The van der Waals surface area contributed by atoms with Gasteiger partial charge in [0.15, 0.2) is 0 Å². The second-order valence-electron chi connectivity index (χ2n) is 2.55. The van der Waals surface area contributed by atoms with E-state index in [1.165, 1.54) is 12.1 Å². The lowest BCUT2D eigenvalue weighted by Crippen LogP contribution is -2.02. The summed E-state index contributed by atoms with van der Waals surface area (Å²) in [5, 5.41) is 17.5. The molecule has 0 heterocycles. The number of halogens is 2. The lowest BCUT2D eigenvalue weighted by Gasteiger charge is -2.03. The molecule has 0 saturated carbocycles. The highest BCUT2D eigenvalue weighted by Crippen LogP contribution is 2.23. The topological polar surface area (TPSA) is 61.1 Å². The molecule has 0 aliphatic rings. The number of nitriles is 1. The minimum Gasteiger partial charge on any atom is -0.478 e. The van der Waals surface area contributed by atoms with Crippen LogP contribution in [0, 0.1) is 11.3 Å². The number of hydrogen-bond donors (Lipinski definition) is 1. The summed E-state index contributed by atoms with van der Waals surface area (Å²) in [5.74, 6) is -1.03. The Bertz CT molecular complexity index is 424. The van der Waals surface area contributed by atoms with Crippen molar-refractivity contribution >= 4 is 29.2 Å². The first kappa shape index (κ1) is 10.8. The largest absolute Gasteiger partial charge is 0.478 e. The van der Waals surface area contributed by atoms with Gasteiger partial charge in [0, 0.05) is 5.88 Å². The molecule has 0 fully saturated rings. The fourth-order valence-corrected chi connectivity index (χ4v) is 1.52. The number of benzene rings is 1. The van der Waals surface area contributed by atoms with Gasteiger partial charge in [0.05, 0.1) is 16.1 Å². The van der Waals surface area contributed by atoms with Gasteiger partial charge in [-0.15, -0.1) is 11.6 Å². The zero-order valence-electron chi connectivity index (χ0n) is 6.92. The van der Waals surface area contributed by atoms with Gasteiger partial charge in [-0.3, -0.25) is 0 Å². The molecular weight excluding hydrogens is 225 g/mol. The average Bonchev–Trinajstić information content (AvgIpc) is 2.15. The maximum atomic E-state index is 10.7. The second-order valence-corrected chi connectivity index (χ2v) is 3.23.